The zero-order chi connectivity index (χ0) is 15.3. The van der Waals surface area contributed by atoms with Crippen molar-refractivity contribution in [1.29, 1.82) is 0 Å². The van der Waals surface area contributed by atoms with Gasteiger partial charge in [0.1, 0.15) is 0 Å². The van der Waals surface area contributed by atoms with Gasteiger partial charge in [-0.2, -0.15) is 0 Å². The molecule has 1 aromatic carbocycles. The molecule has 0 unspecified atom stereocenters. The molecule has 0 aliphatic carbocycles. The fraction of sp³-hybridized carbons (Fsp3) is 0.588. The molecule has 0 heterocycles. The Bertz CT molecular complexity index is 408. The molecule has 0 spiro atoms. The molecule has 20 heavy (non-hydrogen) atoms. The van der Waals surface area contributed by atoms with Crippen molar-refractivity contribution in [1.82, 2.24) is 4.90 Å². The second kappa shape index (κ2) is 7.72. The van der Waals surface area contributed by atoms with Crippen molar-refractivity contribution in [3.8, 4) is 0 Å². The Morgan fingerprint density at radius 2 is 1.45 bits per heavy atom. The van der Waals surface area contributed by atoms with E-state index in [4.69, 9.17) is 0 Å². The summed E-state index contributed by atoms with van der Waals surface area (Å²) in [6, 6.07) is 10.8. The van der Waals surface area contributed by atoms with Crippen LogP contribution in [0, 0.1) is 5.92 Å². The van der Waals surface area contributed by atoms with Crippen LogP contribution in [0.1, 0.15) is 41.5 Å². The molecule has 1 amide bonds. The van der Waals surface area contributed by atoms with Crippen LogP contribution in [0.5, 0.6) is 0 Å². The first-order chi connectivity index (χ1) is 9.34. The number of amides is 1. The Labute approximate surface area is 127 Å². The number of rotatable bonds is 6. The van der Waals surface area contributed by atoms with Gasteiger partial charge in [0.2, 0.25) is 5.91 Å². The third kappa shape index (κ3) is 4.55. The lowest BCUT2D eigenvalue weighted by Crippen LogP contribution is -2.46. The van der Waals surface area contributed by atoms with Crippen LogP contribution >= 0.6 is 11.8 Å². The molecule has 0 N–H and O–H groups in total. The van der Waals surface area contributed by atoms with Crippen molar-refractivity contribution >= 4 is 17.7 Å². The van der Waals surface area contributed by atoms with Gasteiger partial charge in [0, 0.05) is 28.1 Å². The van der Waals surface area contributed by atoms with Crippen molar-refractivity contribution in [2.75, 3.05) is 0 Å². The minimum absolute atomic E-state index is 0.0185. The van der Waals surface area contributed by atoms with E-state index in [0.29, 0.717) is 0 Å². The van der Waals surface area contributed by atoms with Gasteiger partial charge in [0.15, 0.2) is 0 Å². The van der Waals surface area contributed by atoms with E-state index in [-0.39, 0.29) is 29.2 Å². The zero-order valence-electron chi connectivity index (χ0n) is 13.5. The summed E-state index contributed by atoms with van der Waals surface area (Å²) >= 11 is 1.77. The molecule has 0 saturated heterocycles. The number of hydrogen-bond acceptors (Lipinski definition) is 2. The Morgan fingerprint density at radius 1 is 0.950 bits per heavy atom. The Morgan fingerprint density at radius 3 is 1.90 bits per heavy atom. The highest BCUT2D eigenvalue weighted by atomic mass is 32.2. The first-order valence-corrected chi connectivity index (χ1v) is 8.26. The number of benzene rings is 1. The minimum atomic E-state index is 0.0185. The van der Waals surface area contributed by atoms with Crippen LogP contribution in [-0.2, 0) is 4.79 Å². The topological polar surface area (TPSA) is 20.3 Å². The van der Waals surface area contributed by atoms with E-state index in [2.05, 4.69) is 46.8 Å². The van der Waals surface area contributed by atoms with Gasteiger partial charge in [-0.25, -0.2) is 0 Å². The Kier molecular flexibility index (Phi) is 6.60. The fourth-order valence-corrected chi connectivity index (χ4v) is 3.42. The first-order valence-electron chi connectivity index (χ1n) is 7.38. The average Bonchev–Trinajstić information content (AvgIpc) is 2.37. The second-order valence-corrected chi connectivity index (χ2v) is 7.31. The molecule has 0 aliphatic heterocycles. The molecule has 0 aromatic heterocycles. The van der Waals surface area contributed by atoms with Crippen LogP contribution in [0.4, 0.5) is 0 Å². The fourth-order valence-electron chi connectivity index (χ4n) is 2.36. The van der Waals surface area contributed by atoms with E-state index in [0.717, 1.165) is 0 Å². The van der Waals surface area contributed by atoms with E-state index >= 15 is 0 Å². The number of carbonyl (C=O) groups is 1. The molecule has 0 radical (unpaired) electrons. The summed E-state index contributed by atoms with van der Waals surface area (Å²) in [4.78, 5) is 15.9. The molecule has 0 aliphatic rings. The predicted molar refractivity (Wildman–Crippen MR) is 88.0 cm³/mol. The summed E-state index contributed by atoms with van der Waals surface area (Å²) in [5.41, 5.74) is 0. The molecule has 1 rings (SSSR count). The monoisotopic (exact) mass is 293 g/mol. The van der Waals surface area contributed by atoms with Crippen molar-refractivity contribution in [2.45, 2.75) is 63.8 Å². The minimum Gasteiger partial charge on any atom is -0.338 e. The maximum absolute atomic E-state index is 12.7. The maximum Gasteiger partial charge on any atom is 0.226 e. The van der Waals surface area contributed by atoms with Crippen LogP contribution in [0.15, 0.2) is 35.2 Å². The Balaban J connectivity index is 2.72. The SMILES string of the molecule is CC(C)N(C(=O)[C@@H](C)[C@@H](C)Sc1ccccc1)C(C)C. The number of hydrogen-bond donors (Lipinski definition) is 0. The van der Waals surface area contributed by atoms with E-state index < -0.39 is 0 Å². The largest absolute Gasteiger partial charge is 0.338 e. The molecule has 112 valence electrons. The Hall–Kier alpha value is -0.960. The number of nitrogens with zero attached hydrogens (tertiary/aromatic N) is 1. The number of thioether (sulfide) groups is 1. The standard InChI is InChI=1S/C17H27NOS/c1-12(2)18(13(3)4)17(19)14(5)15(6)20-16-10-8-7-9-11-16/h7-15H,1-6H3/t14-,15+/m0/s1. The summed E-state index contributed by atoms with van der Waals surface area (Å²) in [7, 11) is 0. The quantitative estimate of drug-likeness (QED) is 0.722. The first kappa shape index (κ1) is 17.1. The van der Waals surface area contributed by atoms with Gasteiger partial charge >= 0.3 is 0 Å². The van der Waals surface area contributed by atoms with E-state index in [1.165, 1.54) is 4.90 Å². The van der Waals surface area contributed by atoms with Crippen molar-refractivity contribution < 1.29 is 4.79 Å². The van der Waals surface area contributed by atoms with Crippen molar-refractivity contribution in [2.24, 2.45) is 5.92 Å². The summed E-state index contributed by atoms with van der Waals surface area (Å²) in [5.74, 6) is 0.274. The van der Waals surface area contributed by atoms with Gasteiger partial charge in [-0.3, -0.25) is 4.79 Å². The molecule has 1 aromatic rings. The molecule has 0 bridgehead atoms. The maximum atomic E-state index is 12.7. The molecular formula is C17H27NOS. The van der Waals surface area contributed by atoms with Crippen LogP contribution < -0.4 is 0 Å². The summed E-state index contributed by atoms with van der Waals surface area (Å²) in [6.07, 6.45) is 0. The summed E-state index contributed by atoms with van der Waals surface area (Å²) in [6.45, 7) is 12.5. The van der Waals surface area contributed by atoms with Crippen LogP contribution in [-0.4, -0.2) is 28.1 Å². The highest BCUT2D eigenvalue weighted by Gasteiger charge is 2.28. The molecule has 0 saturated carbocycles. The van der Waals surface area contributed by atoms with Gasteiger partial charge in [-0.05, 0) is 39.8 Å². The highest BCUT2D eigenvalue weighted by molar-refractivity contribution is 8.00. The highest BCUT2D eigenvalue weighted by Crippen LogP contribution is 2.29. The molecule has 0 fully saturated rings. The summed E-state index contributed by atoms with van der Waals surface area (Å²) in [5, 5.41) is 0.268. The zero-order valence-corrected chi connectivity index (χ0v) is 14.3. The van der Waals surface area contributed by atoms with E-state index in [1.807, 2.05) is 30.0 Å². The van der Waals surface area contributed by atoms with Gasteiger partial charge in [-0.1, -0.05) is 32.0 Å². The van der Waals surface area contributed by atoms with E-state index in [1.54, 1.807) is 11.8 Å². The number of carbonyl (C=O) groups excluding carboxylic acids is 1. The molecule has 2 nitrogen and oxygen atoms in total. The molecule has 2 atom stereocenters. The third-order valence-corrected chi connectivity index (χ3v) is 4.85. The average molecular weight is 293 g/mol. The van der Waals surface area contributed by atoms with Crippen molar-refractivity contribution in [3.05, 3.63) is 30.3 Å². The third-order valence-electron chi connectivity index (χ3n) is 3.53. The smallest absolute Gasteiger partial charge is 0.226 e. The normalized spacial score (nSPS) is 14.4. The van der Waals surface area contributed by atoms with Crippen LogP contribution in [0.2, 0.25) is 0 Å². The van der Waals surface area contributed by atoms with Crippen LogP contribution in [0.3, 0.4) is 0 Å². The lowest BCUT2D eigenvalue weighted by Gasteiger charge is -2.34. The molecular weight excluding hydrogens is 266 g/mol. The lowest BCUT2D eigenvalue weighted by molar-refractivity contribution is -0.138. The van der Waals surface area contributed by atoms with E-state index in [9.17, 15) is 4.79 Å². The summed E-state index contributed by atoms with van der Waals surface area (Å²) < 4.78 is 0. The van der Waals surface area contributed by atoms with Gasteiger partial charge < -0.3 is 4.90 Å². The lowest BCUT2D eigenvalue weighted by atomic mass is 10.0. The molecule has 3 heteroatoms. The second-order valence-electron chi connectivity index (χ2n) is 5.86. The van der Waals surface area contributed by atoms with Gasteiger partial charge in [0.05, 0.1) is 0 Å². The van der Waals surface area contributed by atoms with Gasteiger partial charge in [-0.15, -0.1) is 11.8 Å². The van der Waals surface area contributed by atoms with Crippen LogP contribution in [0.25, 0.3) is 0 Å². The predicted octanol–water partition coefficient (Wildman–Crippen LogP) is 4.45. The van der Waals surface area contributed by atoms with Gasteiger partial charge in [0.25, 0.3) is 0 Å². The van der Waals surface area contributed by atoms with Crippen molar-refractivity contribution in [3.63, 3.8) is 0 Å².